The lowest BCUT2D eigenvalue weighted by molar-refractivity contribution is -0.226. The van der Waals surface area contributed by atoms with E-state index in [1.165, 1.54) is 18.2 Å². The maximum atomic E-state index is 14.6. The molecule has 34 heavy (non-hydrogen) atoms. The van der Waals surface area contributed by atoms with E-state index >= 15 is 0 Å². The minimum absolute atomic E-state index is 0.0190. The fraction of sp³-hybridized carbons (Fsp3) is 0.269. The maximum absolute atomic E-state index is 14.6. The SMILES string of the molecule is Cc1ccc(S(=O)(=O)C2C(c3cccc(Cl)c3)=NC3(C(F)(F)F)CC(c4ccccc4)C23)cc1. The molecule has 0 spiro atoms. The van der Waals surface area contributed by atoms with E-state index in [0.717, 1.165) is 5.56 Å². The van der Waals surface area contributed by atoms with Gasteiger partial charge in [-0.05, 0) is 54.7 Å². The van der Waals surface area contributed by atoms with Gasteiger partial charge in [-0.2, -0.15) is 13.2 Å². The Labute approximate surface area is 201 Å². The molecule has 1 fully saturated rings. The fourth-order valence-corrected chi connectivity index (χ4v) is 7.57. The first-order valence-corrected chi connectivity index (χ1v) is 12.7. The summed E-state index contributed by atoms with van der Waals surface area (Å²) < 4.78 is 71.7. The number of rotatable bonds is 4. The molecule has 3 nitrogen and oxygen atoms in total. The average Bonchev–Trinajstić information content (AvgIpc) is 3.05. The molecular weight excluding hydrogens is 483 g/mol. The molecule has 0 bridgehead atoms. The number of sulfone groups is 1. The van der Waals surface area contributed by atoms with Crippen LogP contribution in [-0.4, -0.2) is 31.1 Å². The van der Waals surface area contributed by atoms with Crippen LogP contribution in [0.25, 0.3) is 0 Å². The third-order valence-corrected chi connectivity index (χ3v) is 9.30. The molecule has 0 saturated heterocycles. The Bertz CT molecular complexity index is 1370. The van der Waals surface area contributed by atoms with Crippen molar-refractivity contribution in [1.82, 2.24) is 0 Å². The number of hydrogen-bond donors (Lipinski definition) is 0. The summed E-state index contributed by atoms with van der Waals surface area (Å²) in [6, 6.07) is 21.2. The van der Waals surface area contributed by atoms with Gasteiger partial charge in [0.2, 0.25) is 0 Å². The maximum Gasteiger partial charge on any atom is 0.413 e. The van der Waals surface area contributed by atoms with E-state index in [1.807, 2.05) is 6.92 Å². The summed E-state index contributed by atoms with van der Waals surface area (Å²) in [5.41, 5.74) is -0.724. The summed E-state index contributed by atoms with van der Waals surface area (Å²) in [5, 5.41) is -1.17. The van der Waals surface area contributed by atoms with Gasteiger partial charge in [-0.1, -0.05) is 71.8 Å². The van der Waals surface area contributed by atoms with Gasteiger partial charge in [-0.3, -0.25) is 4.99 Å². The minimum Gasteiger partial charge on any atom is -0.271 e. The summed E-state index contributed by atoms with van der Waals surface area (Å²) in [6.45, 7) is 1.82. The van der Waals surface area contributed by atoms with Crippen LogP contribution in [0.3, 0.4) is 0 Å². The van der Waals surface area contributed by atoms with Gasteiger partial charge in [-0.15, -0.1) is 0 Å². The molecule has 3 aromatic carbocycles. The van der Waals surface area contributed by atoms with E-state index in [1.54, 1.807) is 60.7 Å². The van der Waals surface area contributed by atoms with E-state index in [2.05, 4.69) is 4.99 Å². The Balaban J connectivity index is 1.73. The van der Waals surface area contributed by atoms with Crippen molar-refractivity contribution in [2.45, 2.75) is 41.1 Å². The predicted molar refractivity (Wildman–Crippen MR) is 126 cm³/mol. The van der Waals surface area contributed by atoms with Gasteiger partial charge in [0, 0.05) is 10.9 Å². The second kappa shape index (κ2) is 7.95. The number of fused-ring (bicyclic) bond motifs is 1. The van der Waals surface area contributed by atoms with E-state index in [0.29, 0.717) is 10.6 Å². The smallest absolute Gasteiger partial charge is 0.271 e. The average molecular weight is 504 g/mol. The molecule has 1 saturated carbocycles. The number of hydrogen-bond acceptors (Lipinski definition) is 3. The predicted octanol–water partition coefficient (Wildman–Crippen LogP) is 6.40. The van der Waals surface area contributed by atoms with Crippen LogP contribution in [0.2, 0.25) is 5.02 Å². The van der Waals surface area contributed by atoms with E-state index in [-0.39, 0.29) is 22.6 Å². The Morgan fingerprint density at radius 1 is 0.971 bits per heavy atom. The Kier molecular flexibility index (Phi) is 5.41. The molecule has 4 unspecified atom stereocenters. The number of alkyl halides is 3. The van der Waals surface area contributed by atoms with Gasteiger partial charge < -0.3 is 0 Å². The second-order valence-corrected chi connectivity index (χ2v) is 11.5. The number of halogens is 4. The standard InChI is InChI=1S/C26H21ClF3NO2S/c1-16-10-12-20(13-11-16)34(32,33)24-22-21(17-6-3-2-4-7-17)15-25(22,26(28,29)30)31-23(24)18-8-5-9-19(27)14-18/h2-14,21-22,24H,15H2,1H3. The first kappa shape index (κ1) is 23.1. The first-order chi connectivity index (χ1) is 16.0. The van der Waals surface area contributed by atoms with E-state index < -0.39 is 38.6 Å². The topological polar surface area (TPSA) is 46.5 Å². The molecule has 5 rings (SSSR count). The number of aryl methyl sites for hydroxylation is 1. The number of benzene rings is 3. The van der Waals surface area contributed by atoms with Crippen LogP contribution in [0.1, 0.15) is 29.0 Å². The Morgan fingerprint density at radius 2 is 1.65 bits per heavy atom. The molecule has 0 N–H and O–H groups in total. The molecule has 0 aromatic heterocycles. The molecule has 4 atom stereocenters. The van der Waals surface area contributed by atoms with Crippen molar-refractivity contribution in [2.24, 2.45) is 10.9 Å². The Morgan fingerprint density at radius 3 is 2.26 bits per heavy atom. The Hall–Kier alpha value is -2.64. The van der Waals surface area contributed by atoms with E-state index in [9.17, 15) is 21.6 Å². The zero-order valence-electron chi connectivity index (χ0n) is 18.1. The van der Waals surface area contributed by atoms with Crippen molar-refractivity contribution < 1.29 is 21.6 Å². The first-order valence-electron chi connectivity index (χ1n) is 10.8. The van der Waals surface area contributed by atoms with Crippen molar-refractivity contribution >= 4 is 27.1 Å². The van der Waals surface area contributed by atoms with Crippen molar-refractivity contribution in [3.8, 4) is 0 Å². The van der Waals surface area contributed by atoms with Crippen LogP contribution in [0.15, 0.2) is 88.8 Å². The van der Waals surface area contributed by atoms with Crippen molar-refractivity contribution in [3.63, 3.8) is 0 Å². The van der Waals surface area contributed by atoms with Crippen LogP contribution in [0, 0.1) is 12.8 Å². The third kappa shape index (κ3) is 3.48. The highest BCUT2D eigenvalue weighted by Crippen LogP contribution is 2.65. The highest BCUT2D eigenvalue weighted by atomic mass is 35.5. The zero-order chi connectivity index (χ0) is 24.3. The van der Waals surface area contributed by atoms with Gasteiger partial charge in [-0.25, -0.2) is 8.42 Å². The minimum atomic E-state index is -4.70. The summed E-state index contributed by atoms with van der Waals surface area (Å²) in [5.74, 6) is -1.89. The van der Waals surface area contributed by atoms with Crippen LogP contribution in [0.4, 0.5) is 13.2 Å². The van der Waals surface area contributed by atoms with Gasteiger partial charge in [0.1, 0.15) is 5.25 Å². The van der Waals surface area contributed by atoms with Crippen LogP contribution in [0.5, 0.6) is 0 Å². The van der Waals surface area contributed by atoms with Crippen molar-refractivity contribution in [1.29, 1.82) is 0 Å². The largest absolute Gasteiger partial charge is 0.413 e. The van der Waals surface area contributed by atoms with Crippen molar-refractivity contribution in [2.75, 3.05) is 0 Å². The van der Waals surface area contributed by atoms with Gasteiger partial charge in [0.15, 0.2) is 15.4 Å². The van der Waals surface area contributed by atoms with Gasteiger partial charge in [0.25, 0.3) is 0 Å². The van der Waals surface area contributed by atoms with Crippen LogP contribution >= 0.6 is 11.6 Å². The lowest BCUT2D eigenvalue weighted by atomic mass is 9.56. The van der Waals surface area contributed by atoms with E-state index in [4.69, 9.17) is 11.6 Å². The molecule has 0 radical (unpaired) electrons. The molecule has 1 aliphatic heterocycles. The quantitative estimate of drug-likeness (QED) is 0.413. The molecule has 8 heteroatoms. The molecule has 1 aliphatic carbocycles. The highest BCUT2D eigenvalue weighted by molar-refractivity contribution is 7.93. The van der Waals surface area contributed by atoms with Crippen LogP contribution < -0.4 is 0 Å². The lowest BCUT2D eigenvalue weighted by Gasteiger charge is -2.51. The molecule has 176 valence electrons. The zero-order valence-corrected chi connectivity index (χ0v) is 19.7. The lowest BCUT2D eigenvalue weighted by Crippen LogP contribution is -2.62. The normalized spacial score (nSPS) is 26.5. The third-order valence-electron chi connectivity index (χ3n) is 6.95. The number of nitrogens with zero attached hydrogens (tertiary/aromatic N) is 1. The summed E-state index contributed by atoms with van der Waals surface area (Å²) >= 11 is 6.13. The summed E-state index contributed by atoms with van der Waals surface area (Å²) in [6.07, 6.45) is -5.00. The molecule has 2 aliphatic rings. The van der Waals surface area contributed by atoms with Crippen molar-refractivity contribution in [3.05, 3.63) is 101 Å². The molecule has 0 amide bonds. The molecule has 1 heterocycles. The monoisotopic (exact) mass is 503 g/mol. The molecular formula is C26H21ClF3NO2S. The van der Waals surface area contributed by atoms with Gasteiger partial charge >= 0.3 is 6.18 Å². The van der Waals surface area contributed by atoms with Gasteiger partial charge in [0.05, 0.1) is 10.6 Å². The van der Waals surface area contributed by atoms with Crippen LogP contribution in [-0.2, 0) is 9.84 Å². The molecule has 3 aromatic rings. The highest BCUT2D eigenvalue weighted by Gasteiger charge is 2.75. The summed E-state index contributed by atoms with van der Waals surface area (Å²) in [4.78, 5) is 4.17. The number of aliphatic imine (C=N–C) groups is 1. The second-order valence-electron chi connectivity index (χ2n) is 8.96. The fourth-order valence-electron chi connectivity index (χ4n) is 5.29. The summed E-state index contributed by atoms with van der Waals surface area (Å²) in [7, 11) is -4.21.